The first-order chi connectivity index (χ1) is 10.3. The van der Waals surface area contributed by atoms with Gasteiger partial charge in [0.15, 0.2) is 6.61 Å². The summed E-state index contributed by atoms with van der Waals surface area (Å²) in [7, 11) is 0. The first-order valence-electron chi connectivity index (χ1n) is 5.99. The number of ether oxygens (including phenoxy) is 1. The van der Waals surface area contributed by atoms with Crippen LogP contribution in [0.2, 0.25) is 0 Å². The Morgan fingerprint density at radius 2 is 1.78 bits per heavy atom. The predicted octanol–water partition coefficient (Wildman–Crippen LogP) is 3.22. The number of carbonyl (C=O) groups excluding carboxylic acids is 2. The zero-order valence-electron chi connectivity index (χ0n) is 12.2. The van der Waals surface area contributed by atoms with E-state index in [1.165, 1.54) is 24.3 Å². The number of rotatable bonds is 5. The number of carbonyl (C=O) groups is 2. The van der Waals surface area contributed by atoms with Gasteiger partial charge in [0.2, 0.25) is 5.91 Å². The average Bonchev–Trinajstić information content (AvgIpc) is 2.46. The number of alkyl halides is 3. The summed E-state index contributed by atoms with van der Waals surface area (Å²) in [6, 6.07) is 5.36. The summed E-state index contributed by atoms with van der Waals surface area (Å²) >= 11 is 0.650. The Balaban J connectivity index is 0. The number of anilines is 1. The molecule has 0 aliphatic rings. The molecule has 0 unspecified atom stereocenters. The molecule has 3 N–H and O–H groups in total. The van der Waals surface area contributed by atoms with Crippen LogP contribution in [0.1, 0.15) is 6.92 Å². The van der Waals surface area contributed by atoms with Crippen LogP contribution < -0.4 is 15.8 Å². The molecule has 1 aromatic carbocycles. The molecule has 0 atom stereocenters. The number of nitrogens with two attached hydrogens (primary N) is 1. The van der Waals surface area contributed by atoms with Crippen LogP contribution in [0.15, 0.2) is 24.3 Å². The molecule has 0 aliphatic heterocycles. The van der Waals surface area contributed by atoms with Crippen LogP contribution in [-0.4, -0.2) is 29.7 Å². The topological polar surface area (TPSA) is 81.4 Å². The SMILES string of the molecule is NC(=O)SCC(=O)Nc1ccc(OCC(F)(F)F)cc1.[CH2-]C.[W]. The van der Waals surface area contributed by atoms with Gasteiger partial charge in [0.05, 0.1) is 5.75 Å². The van der Waals surface area contributed by atoms with E-state index in [9.17, 15) is 22.8 Å². The number of nitrogens with one attached hydrogen (secondary N) is 1. The van der Waals surface area contributed by atoms with Gasteiger partial charge in [-0.15, -0.1) is 0 Å². The maximum Gasteiger partial charge on any atom is 0.422 e. The molecule has 2 amide bonds. The summed E-state index contributed by atoms with van der Waals surface area (Å²) < 4.78 is 40.3. The summed E-state index contributed by atoms with van der Waals surface area (Å²) in [4.78, 5) is 21.8. The number of halogens is 3. The Hall–Kier alpha value is -1.21. The monoisotopic (exact) mass is 521 g/mol. The summed E-state index contributed by atoms with van der Waals surface area (Å²) in [5.41, 5.74) is 5.23. The number of benzene rings is 1. The van der Waals surface area contributed by atoms with Crippen molar-refractivity contribution in [1.29, 1.82) is 0 Å². The fraction of sp³-hybridized carbons (Fsp3) is 0.308. The molecule has 0 bridgehead atoms. The van der Waals surface area contributed by atoms with E-state index in [2.05, 4.69) is 17.0 Å². The molecule has 0 saturated carbocycles. The van der Waals surface area contributed by atoms with Crippen molar-refractivity contribution in [2.45, 2.75) is 13.1 Å². The van der Waals surface area contributed by atoms with Crippen molar-refractivity contribution in [2.24, 2.45) is 5.73 Å². The zero-order chi connectivity index (χ0) is 17.2. The second-order valence-electron chi connectivity index (χ2n) is 3.58. The largest absolute Gasteiger partial charge is 0.484 e. The van der Waals surface area contributed by atoms with Crippen molar-refractivity contribution >= 4 is 28.6 Å². The quantitative estimate of drug-likeness (QED) is 0.584. The van der Waals surface area contributed by atoms with Gasteiger partial charge in [-0.1, -0.05) is 11.8 Å². The minimum absolute atomic E-state index is 0. The van der Waals surface area contributed by atoms with Crippen molar-refractivity contribution in [2.75, 3.05) is 17.7 Å². The van der Waals surface area contributed by atoms with Crippen molar-refractivity contribution in [3.05, 3.63) is 31.2 Å². The minimum atomic E-state index is -4.40. The Labute approximate surface area is 150 Å². The fourth-order valence-corrected chi connectivity index (χ4v) is 1.48. The molecule has 1 rings (SSSR count). The summed E-state index contributed by atoms with van der Waals surface area (Å²) in [5, 5.41) is 1.78. The van der Waals surface area contributed by atoms with Crippen LogP contribution in [0.3, 0.4) is 0 Å². The van der Waals surface area contributed by atoms with E-state index in [0.717, 1.165) is 0 Å². The third-order valence-electron chi connectivity index (χ3n) is 1.89. The van der Waals surface area contributed by atoms with Crippen LogP contribution in [0.5, 0.6) is 5.75 Å². The second kappa shape index (κ2) is 12.2. The summed E-state index contributed by atoms with van der Waals surface area (Å²) in [6.45, 7) is 3.62. The number of amides is 2. The molecule has 130 valence electrons. The van der Waals surface area contributed by atoms with Crippen molar-refractivity contribution in [3.8, 4) is 5.75 Å². The molecule has 0 spiro atoms. The smallest absolute Gasteiger partial charge is 0.422 e. The maximum absolute atomic E-state index is 11.9. The predicted molar refractivity (Wildman–Crippen MR) is 79.7 cm³/mol. The van der Waals surface area contributed by atoms with Crippen LogP contribution in [0.4, 0.5) is 23.7 Å². The third-order valence-corrected chi connectivity index (χ3v) is 2.58. The number of hydrogen-bond acceptors (Lipinski definition) is 4. The standard InChI is InChI=1S/C11H11F3N2O3S.C2H5.W/c12-11(13,14)6-19-8-3-1-7(2-4-8)16-9(17)5-20-10(15)18;1-2;/h1-4H,5-6H2,(H2,15,18)(H,16,17);1H2,2H3;/q;-1;. The Morgan fingerprint density at radius 1 is 1.26 bits per heavy atom. The van der Waals surface area contributed by atoms with Gasteiger partial charge in [-0.05, 0) is 24.3 Å². The normalized spacial score (nSPS) is 9.78. The molecule has 0 heterocycles. The van der Waals surface area contributed by atoms with E-state index in [1.807, 2.05) is 0 Å². The molecule has 5 nitrogen and oxygen atoms in total. The van der Waals surface area contributed by atoms with Crippen LogP contribution in [0, 0.1) is 6.92 Å². The molecule has 0 saturated heterocycles. The van der Waals surface area contributed by atoms with Gasteiger partial charge in [0, 0.05) is 26.8 Å². The second-order valence-corrected chi connectivity index (χ2v) is 4.56. The molecule has 0 aliphatic carbocycles. The molecule has 1 aromatic rings. The third kappa shape index (κ3) is 13.0. The van der Waals surface area contributed by atoms with E-state index in [-0.39, 0.29) is 32.6 Å². The van der Waals surface area contributed by atoms with Gasteiger partial charge in [0.25, 0.3) is 5.24 Å². The summed E-state index contributed by atoms with van der Waals surface area (Å²) in [6.07, 6.45) is -4.40. The molecule has 23 heavy (non-hydrogen) atoms. The molecule has 10 heteroatoms. The number of thioether (sulfide) groups is 1. The molecular formula is C13H16F3N2O3SW-. The zero-order valence-corrected chi connectivity index (χ0v) is 15.9. The van der Waals surface area contributed by atoms with Crippen molar-refractivity contribution in [1.82, 2.24) is 0 Å². The van der Waals surface area contributed by atoms with Gasteiger partial charge >= 0.3 is 6.18 Å². The van der Waals surface area contributed by atoms with E-state index in [1.54, 1.807) is 6.92 Å². The average molecular weight is 521 g/mol. The maximum atomic E-state index is 11.9. The molecule has 0 aromatic heterocycles. The van der Waals surface area contributed by atoms with Crippen molar-refractivity contribution in [3.63, 3.8) is 0 Å². The Kier molecular flexibility index (Phi) is 12.8. The van der Waals surface area contributed by atoms with E-state index in [0.29, 0.717) is 17.4 Å². The molecule has 0 radical (unpaired) electrons. The van der Waals surface area contributed by atoms with Gasteiger partial charge < -0.3 is 22.7 Å². The van der Waals surface area contributed by atoms with Crippen LogP contribution in [0.25, 0.3) is 0 Å². The van der Waals surface area contributed by atoms with E-state index >= 15 is 0 Å². The van der Waals surface area contributed by atoms with Gasteiger partial charge in [-0.25, -0.2) is 0 Å². The first kappa shape index (κ1) is 24.0. The molecular weight excluding hydrogens is 505 g/mol. The van der Waals surface area contributed by atoms with E-state index < -0.39 is 23.9 Å². The number of hydrogen-bond donors (Lipinski definition) is 2. The van der Waals surface area contributed by atoms with Crippen LogP contribution in [-0.2, 0) is 25.9 Å². The van der Waals surface area contributed by atoms with Crippen molar-refractivity contribution < 1.29 is 48.6 Å². The Bertz CT molecular complexity index is 484. The summed E-state index contributed by atoms with van der Waals surface area (Å²) in [5.74, 6) is -0.550. The van der Waals surface area contributed by atoms with Crippen LogP contribution >= 0.6 is 11.8 Å². The number of primary amides is 1. The fourth-order valence-electron chi connectivity index (χ4n) is 1.13. The molecule has 0 fully saturated rings. The van der Waals surface area contributed by atoms with Gasteiger partial charge in [0.1, 0.15) is 5.75 Å². The van der Waals surface area contributed by atoms with Gasteiger partial charge in [-0.2, -0.15) is 20.1 Å². The van der Waals surface area contributed by atoms with Gasteiger partial charge in [-0.3, -0.25) is 9.59 Å². The Morgan fingerprint density at radius 3 is 2.22 bits per heavy atom. The minimum Gasteiger partial charge on any atom is -0.484 e. The van der Waals surface area contributed by atoms with E-state index in [4.69, 9.17) is 5.73 Å². The first-order valence-corrected chi connectivity index (χ1v) is 6.97.